The summed E-state index contributed by atoms with van der Waals surface area (Å²) in [5, 5.41) is 12.0. The van der Waals surface area contributed by atoms with E-state index in [0.717, 1.165) is 16.8 Å². The predicted octanol–water partition coefficient (Wildman–Crippen LogP) is 2.93. The quantitative estimate of drug-likeness (QED) is 0.848. The standard InChI is InChI=1S/C14H14FNO/c15-13-2-1-3-14(8-13)16-9-11-4-6-12(10-17)7-5-11/h1-8,16-17H,9-10H2. The fourth-order valence-corrected chi connectivity index (χ4v) is 1.57. The fourth-order valence-electron chi connectivity index (χ4n) is 1.57. The van der Waals surface area contributed by atoms with Crippen molar-refractivity contribution in [1.82, 2.24) is 0 Å². The van der Waals surface area contributed by atoms with Gasteiger partial charge in [0.25, 0.3) is 0 Å². The number of hydrogen-bond acceptors (Lipinski definition) is 2. The molecule has 0 aliphatic rings. The lowest BCUT2D eigenvalue weighted by atomic mass is 10.1. The van der Waals surface area contributed by atoms with Gasteiger partial charge in [0, 0.05) is 12.2 Å². The van der Waals surface area contributed by atoms with Crippen LogP contribution in [0.1, 0.15) is 11.1 Å². The summed E-state index contributed by atoms with van der Waals surface area (Å²) >= 11 is 0. The Bertz CT molecular complexity index is 482. The van der Waals surface area contributed by atoms with Crippen LogP contribution in [0.25, 0.3) is 0 Å². The van der Waals surface area contributed by atoms with Crippen molar-refractivity contribution in [1.29, 1.82) is 0 Å². The van der Waals surface area contributed by atoms with Crippen molar-refractivity contribution in [2.45, 2.75) is 13.2 Å². The van der Waals surface area contributed by atoms with Gasteiger partial charge in [0.15, 0.2) is 0 Å². The molecule has 0 aromatic heterocycles. The number of hydrogen-bond donors (Lipinski definition) is 2. The van der Waals surface area contributed by atoms with Crippen LogP contribution in [0, 0.1) is 5.82 Å². The first-order chi connectivity index (χ1) is 8.28. The first-order valence-corrected chi connectivity index (χ1v) is 5.46. The molecule has 0 saturated heterocycles. The summed E-state index contributed by atoms with van der Waals surface area (Å²) in [6, 6.07) is 14.0. The molecule has 0 aliphatic heterocycles. The van der Waals surface area contributed by atoms with Crippen LogP contribution in [0.15, 0.2) is 48.5 Å². The van der Waals surface area contributed by atoms with E-state index in [-0.39, 0.29) is 12.4 Å². The summed E-state index contributed by atoms with van der Waals surface area (Å²) in [6.45, 7) is 0.687. The molecule has 0 bridgehead atoms. The Kier molecular flexibility index (Phi) is 3.73. The Balaban J connectivity index is 1.97. The molecule has 0 amide bonds. The van der Waals surface area contributed by atoms with Crippen LogP contribution in [-0.4, -0.2) is 5.11 Å². The summed E-state index contributed by atoms with van der Waals surface area (Å²) in [7, 11) is 0. The Morgan fingerprint density at radius 2 is 1.71 bits per heavy atom. The van der Waals surface area contributed by atoms with Gasteiger partial charge in [-0.1, -0.05) is 30.3 Å². The lowest BCUT2D eigenvalue weighted by Crippen LogP contribution is -1.99. The molecule has 0 atom stereocenters. The second-order valence-corrected chi connectivity index (χ2v) is 3.84. The molecule has 3 heteroatoms. The van der Waals surface area contributed by atoms with Crippen LogP contribution < -0.4 is 5.32 Å². The summed E-state index contributed by atoms with van der Waals surface area (Å²) in [6.07, 6.45) is 0. The molecule has 0 saturated carbocycles. The zero-order chi connectivity index (χ0) is 12.1. The topological polar surface area (TPSA) is 32.3 Å². The highest BCUT2D eigenvalue weighted by molar-refractivity contribution is 5.43. The average molecular weight is 231 g/mol. The van der Waals surface area contributed by atoms with Gasteiger partial charge in [-0.05, 0) is 29.3 Å². The first-order valence-electron chi connectivity index (χ1n) is 5.46. The number of benzene rings is 2. The number of aliphatic hydroxyl groups excluding tert-OH is 1. The molecular weight excluding hydrogens is 217 g/mol. The minimum Gasteiger partial charge on any atom is -0.392 e. The minimum absolute atomic E-state index is 0.0532. The molecule has 2 rings (SSSR count). The molecule has 0 radical (unpaired) electrons. The maximum Gasteiger partial charge on any atom is 0.125 e. The van der Waals surface area contributed by atoms with Gasteiger partial charge in [-0.2, -0.15) is 0 Å². The van der Waals surface area contributed by atoms with Gasteiger partial charge in [-0.25, -0.2) is 4.39 Å². The number of nitrogens with one attached hydrogen (secondary N) is 1. The van der Waals surface area contributed by atoms with Crippen molar-refractivity contribution in [2.24, 2.45) is 0 Å². The monoisotopic (exact) mass is 231 g/mol. The molecule has 88 valence electrons. The highest BCUT2D eigenvalue weighted by Gasteiger charge is 1.96. The average Bonchev–Trinajstić information content (AvgIpc) is 2.37. The third-order valence-corrected chi connectivity index (χ3v) is 2.53. The summed E-state index contributed by atoms with van der Waals surface area (Å²) in [5.41, 5.74) is 2.74. The van der Waals surface area contributed by atoms with Crippen LogP contribution in [0.3, 0.4) is 0 Å². The van der Waals surface area contributed by atoms with E-state index in [1.807, 2.05) is 30.3 Å². The molecule has 2 nitrogen and oxygen atoms in total. The highest BCUT2D eigenvalue weighted by atomic mass is 19.1. The third kappa shape index (κ3) is 3.29. The lowest BCUT2D eigenvalue weighted by Gasteiger charge is -2.07. The van der Waals surface area contributed by atoms with Crippen LogP contribution in [0.2, 0.25) is 0 Å². The summed E-state index contributed by atoms with van der Waals surface area (Å²) < 4.78 is 12.9. The van der Waals surface area contributed by atoms with Gasteiger partial charge < -0.3 is 10.4 Å². The van der Waals surface area contributed by atoms with Crippen molar-refractivity contribution in [2.75, 3.05) is 5.32 Å². The Labute approximate surface area is 99.7 Å². The van der Waals surface area contributed by atoms with Crippen LogP contribution in [-0.2, 0) is 13.2 Å². The largest absolute Gasteiger partial charge is 0.392 e. The minimum atomic E-state index is -0.245. The second-order valence-electron chi connectivity index (χ2n) is 3.84. The van der Waals surface area contributed by atoms with E-state index in [0.29, 0.717) is 6.54 Å². The number of halogens is 1. The van der Waals surface area contributed by atoms with E-state index < -0.39 is 0 Å². The Morgan fingerprint density at radius 3 is 2.35 bits per heavy atom. The highest BCUT2D eigenvalue weighted by Crippen LogP contribution is 2.11. The SMILES string of the molecule is OCc1ccc(CNc2cccc(F)c2)cc1. The lowest BCUT2D eigenvalue weighted by molar-refractivity contribution is 0.282. The van der Waals surface area contributed by atoms with E-state index in [1.165, 1.54) is 12.1 Å². The van der Waals surface area contributed by atoms with Crippen LogP contribution in [0.4, 0.5) is 10.1 Å². The van der Waals surface area contributed by atoms with Crippen molar-refractivity contribution >= 4 is 5.69 Å². The van der Waals surface area contributed by atoms with Crippen molar-refractivity contribution in [3.05, 3.63) is 65.5 Å². The number of rotatable bonds is 4. The predicted molar refractivity (Wildman–Crippen MR) is 66.1 cm³/mol. The molecule has 0 heterocycles. The summed E-state index contributed by atoms with van der Waals surface area (Å²) in [5.74, 6) is -0.245. The van der Waals surface area contributed by atoms with E-state index in [1.54, 1.807) is 6.07 Å². The van der Waals surface area contributed by atoms with Gasteiger partial charge in [-0.3, -0.25) is 0 Å². The molecule has 2 aromatic rings. The third-order valence-electron chi connectivity index (χ3n) is 2.53. The molecule has 2 aromatic carbocycles. The van der Waals surface area contributed by atoms with Crippen molar-refractivity contribution in [3.63, 3.8) is 0 Å². The van der Waals surface area contributed by atoms with E-state index >= 15 is 0 Å². The molecule has 0 spiro atoms. The van der Waals surface area contributed by atoms with Crippen molar-refractivity contribution in [3.8, 4) is 0 Å². The molecular formula is C14H14FNO. The molecule has 0 aliphatic carbocycles. The van der Waals surface area contributed by atoms with Crippen LogP contribution in [0.5, 0.6) is 0 Å². The summed E-state index contributed by atoms with van der Waals surface area (Å²) in [4.78, 5) is 0. The number of anilines is 1. The fraction of sp³-hybridized carbons (Fsp3) is 0.143. The zero-order valence-corrected chi connectivity index (χ0v) is 9.36. The normalized spacial score (nSPS) is 10.2. The molecule has 2 N–H and O–H groups in total. The van der Waals surface area contributed by atoms with Gasteiger partial charge in [0.1, 0.15) is 5.82 Å². The Hall–Kier alpha value is -1.87. The maximum atomic E-state index is 12.9. The van der Waals surface area contributed by atoms with E-state index in [4.69, 9.17) is 5.11 Å². The second kappa shape index (κ2) is 5.46. The first kappa shape index (κ1) is 11.6. The van der Waals surface area contributed by atoms with Crippen molar-refractivity contribution < 1.29 is 9.50 Å². The van der Waals surface area contributed by atoms with Crippen LogP contribution >= 0.6 is 0 Å². The van der Waals surface area contributed by atoms with Gasteiger partial charge in [0.2, 0.25) is 0 Å². The molecule has 0 fully saturated rings. The van der Waals surface area contributed by atoms with E-state index in [2.05, 4.69) is 5.32 Å². The van der Waals surface area contributed by atoms with E-state index in [9.17, 15) is 4.39 Å². The smallest absolute Gasteiger partial charge is 0.125 e. The zero-order valence-electron chi connectivity index (χ0n) is 9.36. The number of aliphatic hydroxyl groups is 1. The van der Waals surface area contributed by atoms with Gasteiger partial charge in [-0.15, -0.1) is 0 Å². The maximum absolute atomic E-state index is 12.9. The molecule has 17 heavy (non-hydrogen) atoms. The van der Waals surface area contributed by atoms with Gasteiger partial charge >= 0.3 is 0 Å². The molecule has 0 unspecified atom stereocenters. The Morgan fingerprint density at radius 1 is 1.00 bits per heavy atom. The van der Waals surface area contributed by atoms with Gasteiger partial charge in [0.05, 0.1) is 6.61 Å².